The van der Waals surface area contributed by atoms with E-state index in [4.69, 9.17) is 9.47 Å². The highest BCUT2D eigenvalue weighted by Gasteiger charge is 2.15. The molecule has 0 unspecified atom stereocenters. The average molecular weight is 331 g/mol. The van der Waals surface area contributed by atoms with E-state index in [2.05, 4.69) is 15.6 Å². The lowest BCUT2D eigenvalue weighted by Gasteiger charge is -2.16. The number of ether oxygens (including phenoxy) is 2. The third kappa shape index (κ3) is 4.85. The summed E-state index contributed by atoms with van der Waals surface area (Å²) in [5.74, 6) is 1.13. The van der Waals surface area contributed by atoms with E-state index in [0.717, 1.165) is 5.69 Å². The van der Waals surface area contributed by atoms with Gasteiger partial charge in [0.2, 0.25) is 0 Å². The van der Waals surface area contributed by atoms with Crippen LogP contribution in [0.5, 0.6) is 11.5 Å². The number of nitrogens with zero attached hydrogens (tertiary/aromatic N) is 1. The summed E-state index contributed by atoms with van der Waals surface area (Å²) in [4.78, 5) is 15.9. The van der Waals surface area contributed by atoms with Crippen LogP contribution in [0.2, 0.25) is 0 Å². The number of nitrogens with one attached hydrogen (secondary N) is 2. The van der Waals surface area contributed by atoms with E-state index in [1.807, 2.05) is 12.1 Å². The first kappa shape index (κ1) is 17.6. The van der Waals surface area contributed by atoms with E-state index in [9.17, 15) is 9.90 Å². The van der Waals surface area contributed by atoms with Crippen molar-refractivity contribution >= 4 is 6.03 Å². The molecule has 0 aliphatic rings. The number of hydrogen-bond acceptors (Lipinski definition) is 5. The summed E-state index contributed by atoms with van der Waals surface area (Å²) in [5, 5.41) is 15.6. The molecule has 0 spiro atoms. The van der Waals surface area contributed by atoms with Crippen LogP contribution in [0.15, 0.2) is 42.6 Å². The normalized spacial score (nSPS) is 11.5. The zero-order valence-electron chi connectivity index (χ0n) is 13.7. The molecular weight excluding hydrogens is 310 g/mol. The van der Waals surface area contributed by atoms with Gasteiger partial charge in [0.25, 0.3) is 0 Å². The maximum atomic E-state index is 11.8. The summed E-state index contributed by atoms with van der Waals surface area (Å²) in [6.07, 6.45) is 0.740. The second-order valence-electron chi connectivity index (χ2n) is 5.01. The smallest absolute Gasteiger partial charge is 0.315 e. The Morgan fingerprint density at radius 3 is 2.71 bits per heavy atom. The lowest BCUT2D eigenvalue weighted by atomic mass is 10.1. The molecule has 24 heavy (non-hydrogen) atoms. The Morgan fingerprint density at radius 2 is 2.04 bits per heavy atom. The number of pyridine rings is 1. The predicted octanol–water partition coefficient (Wildman–Crippen LogP) is 1.63. The van der Waals surface area contributed by atoms with Crippen molar-refractivity contribution in [2.24, 2.45) is 0 Å². The standard InChI is InChI=1S/C17H21N3O4/c1-23-13-6-7-16(24-2)14(9-13)15(21)11-20-17(22)19-10-12-5-3-4-8-18-12/h3-9,15,21H,10-11H2,1-2H3,(H2,19,20,22)/t15-/m0/s1. The zero-order valence-corrected chi connectivity index (χ0v) is 13.7. The van der Waals surface area contributed by atoms with Gasteiger partial charge >= 0.3 is 6.03 Å². The molecule has 3 N–H and O–H groups in total. The van der Waals surface area contributed by atoms with Gasteiger partial charge in [-0.1, -0.05) is 6.07 Å². The highest BCUT2D eigenvalue weighted by molar-refractivity contribution is 5.73. The number of methoxy groups -OCH3 is 2. The van der Waals surface area contributed by atoms with Crippen LogP contribution in [0.1, 0.15) is 17.4 Å². The Labute approximate surface area is 140 Å². The molecule has 1 aromatic carbocycles. The first-order valence-electron chi connectivity index (χ1n) is 7.45. The van der Waals surface area contributed by atoms with Crippen molar-refractivity contribution < 1.29 is 19.4 Å². The Kier molecular flexibility index (Phi) is 6.39. The second kappa shape index (κ2) is 8.73. The summed E-state index contributed by atoms with van der Waals surface area (Å²) in [6, 6.07) is 10.2. The van der Waals surface area contributed by atoms with Gasteiger partial charge in [0.05, 0.1) is 26.5 Å². The zero-order chi connectivity index (χ0) is 17.4. The van der Waals surface area contributed by atoms with Gasteiger partial charge in [-0.05, 0) is 30.3 Å². The van der Waals surface area contributed by atoms with E-state index in [1.165, 1.54) is 7.11 Å². The van der Waals surface area contributed by atoms with Crippen LogP contribution in [0.4, 0.5) is 4.79 Å². The van der Waals surface area contributed by atoms with Crippen LogP contribution in [0.3, 0.4) is 0 Å². The van der Waals surface area contributed by atoms with E-state index in [1.54, 1.807) is 37.6 Å². The van der Waals surface area contributed by atoms with Gasteiger partial charge in [-0.25, -0.2) is 4.79 Å². The maximum absolute atomic E-state index is 11.8. The molecule has 0 aliphatic carbocycles. The summed E-state index contributed by atoms with van der Waals surface area (Å²) >= 11 is 0. The molecule has 2 aromatic rings. The first-order chi connectivity index (χ1) is 11.6. The minimum absolute atomic E-state index is 0.0393. The molecule has 1 heterocycles. The number of rotatable bonds is 7. The third-order valence-corrected chi connectivity index (χ3v) is 3.41. The van der Waals surface area contributed by atoms with Crippen molar-refractivity contribution in [3.63, 3.8) is 0 Å². The molecule has 2 rings (SSSR count). The van der Waals surface area contributed by atoms with Crippen LogP contribution in [-0.4, -0.2) is 36.9 Å². The summed E-state index contributed by atoms with van der Waals surface area (Å²) in [5.41, 5.74) is 1.30. The molecule has 7 nitrogen and oxygen atoms in total. The molecule has 1 atom stereocenters. The van der Waals surface area contributed by atoms with Crippen LogP contribution < -0.4 is 20.1 Å². The number of aliphatic hydroxyl groups is 1. The Morgan fingerprint density at radius 1 is 1.21 bits per heavy atom. The predicted molar refractivity (Wildman–Crippen MR) is 89.0 cm³/mol. The Hall–Kier alpha value is -2.80. The minimum atomic E-state index is -0.921. The molecule has 0 saturated heterocycles. The van der Waals surface area contributed by atoms with Gasteiger partial charge in [0, 0.05) is 18.3 Å². The molecule has 1 aromatic heterocycles. The molecule has 0 saturated carbocycles. The van der Waals surface area contributed by atoms with Gasteiger partial charge in [-0.2, -0.15) is 0 Å². The number of aromatic nitrogens is 1. The fourth-order valence-electron chi connectivity index (χ4n) is 2.14. The minimum Gasteiger partial charge on any atom is -0.497 e. The van der Waals surface area contributed by atoms with Crippen molar-refractivity contribution in [2.45, 2.75) is 12.6 Å². The Balaban J connectivity index is 1.88. The van der Waals surface area contributed by atoms with Crippen molar-refractivity contribution in [1.82, 2.24) is 15.6 Å². The highest BCUT2D eigenvalue weighted by atomic mass is 16.5. The SMILES string of the molecule is COc1ccc(OC)c([C@@H](O)CNC(=O)NCc2ccccn2)c1. The Bertz CT molecular complexity index is 664. The topological polar surface area (TPSA) is 92.7 Å². The van der Waals surface area contributed by atoms with Crippen LogP contribution >= 0.6 is 0 Å². The second-order valence-corrected chi connectivity index (χ2v) is 5.01. The van der Waals surface area contributed by atoms with Gasteiger partial charge < -0.3 is 25.2 Å². The van der Waals surface area contributed by atoms with Gasteiger partial charge in [-0.3, -0.25) is 4.98 Å². The molecule has 0 aliphatic heterocycles. The van der Waals surface area contributed by atoms with Gasteiger partial charge in [-0.15, -0.1) is 0 Å². The number of aliphatic hydroxyl groups excluding tert-OH is 1. The fourth-order valence-corrected chi connectivity index (χ4v) is 2.14. The van der Waals surface area contributed by atoms with E-state index >= 15 is 0 Å². The summed E-state index contributed by atoms with van der Waals surface area (Å²) in [6.45, 7) is 0.350. The monoisotopic (exact) mass is 331 g/mol. The lowest BCUT2D eigenvalue weighted by Crippen LogP contribution is -2.37. The molecule has 0 bridgehead atoms. The highest BCUT2D eigenvalue weighted by Crippen LogP contribution is 2.28. The van der Waals surface area contributed by atoms with Crippen molar-refractivity contribution in [1.29, 1.82) is 0 Å². The van der Waals surface area contributed by atoms with Crippen molar-refractivity contribution in [3.8, 4) is 11.5 Å². The quantitative estimate of drug-likeness (QED) is 0.717. The lowest BCUT2D eigenvalue weighted by molar-refractivity contribution is 0.169. The van der Waals surface area contributed by atoms with E-state index < -0.39 is 6.10 Å². The molecule has 0 fully saturated rings. The molecular formula is C17H21N3O4. The number of hydrogen-bond donors (Lipinski definition) is 3. The van der Waals surface area contributed by atoms with E-state index in [-0.39, 0.29) is 12.6 Å². The van der Waals surface area contributed by atoms with Gasteiger partial charge in [0.15, 0.2) is 0 Å². The third-order valence-electron chi connectivity index (χ3n) is 3.41. The van der Waals surface area contributed by atoms with Crippen LogP contribution in [0.25, 0.3) is 0 Å². The summed E-state index contributed by atoms with van der Waals surface area (Å²) < 4.78 is 10.4. The van der Waals surface area contributed by atoms with Crippen LogP contribution in [0, 0.1) is 0 Å². The van der Waals surface area contributed by atoms with E-state index in [0.29, 0.717) is 23.6 Å². The largest absolute Gasteiger partial charge is 0.497 e. The first-order valence-corrected chi connectivity index (χ1v) is 7.45. The molecule has 7 heteroatoms. The number of carbonyl (C=O) groups excluding carboxylic acids is 1. The number of benzene rings is 1. The average Bonchev–Trinajstić information content (AvgIpc) is 2.64. The van der Waals surface area contributed by atoms with Crippen molar-refractivity contribution in [3.05, 3.63) is 53.9 Å². The molecule has 0 radical (unpaired) electrons. The molecule has 128 valence electrons. The number of urea groups is 1. The summed E-state index contributed by atoms with van der Waals surface area (Å²) in [7, 11) is 3.06. The number of carbonyl (C=O) groups is 1. The molecule has 2 amide bonds. The van der Waals surface area contributed by atoms with Crippen LogP contribution in [-0.2, 0) is 6.54 Å². The maximum Gasteiger partial charge on any atom is 0.315 e. The van der Waals surface area contributed by atoms with Gasteiger partial charge in [0.1, 0.15) is 17.6 Å². The number of amides is 2. The fraction of sp³-hybridized carbons (Fsp3) is 0.294. The van der Waals surface area contributed by atoms with Crippen molar-refractivity contribution in [2.75, 3.05) is 20.8 Å².